The number of nitrogens with zero attached hydrogens (tertiary/aromatic N) is 1. The molecule has 0 radical (unpaired) electrons. The summed E-state index contributed by atoms with van der Waals surface area (Å²) >= 11 is 0. The largest absolute Gasteiger partial charge is 0.405 e. The molecular formula is C12H21F3N2O. The van der Waals surface area contributed by atoms with Crippen LogP contribution in [-0.4, -0.2) is 36.7 Å². The van der Waals surface area contributed by atoms with Crippen molar-refractivity contribution in [1.82, 2.24) is 10.2 Å². The van der Waals surface area contributed by atoms with Crippen molar-refractivity contribution < 1.29 is 18.0 Å². The van der Waals surface area contributed by atoms with Crippen LogP contribution in [0.5, 0.6) is 0 Å². The van der Waals surface area contributed by atoms with Gasteiger partial charge >= 0.3 is 12.2 Å². The second kappa shape index (κ2) is 5.80. The molecule has 0 unspecified atom stereocenters. The minimum atomic E-state index is -4.35. The highest BCUT2D eigenvalue weighted by molar-refractivity contribution is 5.74. The second-order valence-electron chi connectivity index (χ2n) is 5.26. The van der Waals surface area contributed by atoms with Crippen molar-refractivity contribution in [3.8, 4) is 0 Å². The quantitative estimate of drug-likeness (QED) is 0.837. The molecule has 2 atom stereocenters. The minimum Gasteiger partial charge on any atom is -0.329 e. The molecular weight excluding hydrogens is 245 g/mol. The van der Waals surface area contributed by atoms with Gasteiger partial charge in [0.25, 0.3) is 0 Å². The third kappa shape index (κ3) is 4.07. The van der Waals surface area contributed by atoms with Crippen LogP contribution in [0.1, 0.15) is 27.2 Å². The third-order valence-electron chi connectivity index (χ3n) is 3.60. The summed E-state index contributed by atoms with van der Waals surface area (Å²) in [6.07, 6.45) is -3.40. The van der Waals surface area contributed by atoms with Crippen molar-refractivity contribution in [3.63, 3.8) is 0 Å². The maximum atomic E-state index is 12.0. The van der Waals surface area contributed by atoms with E-state index in [1.807, 2.05) is 5.32 Å². The molecule has 2 amide bonds. The summed E-state index contributed by atoms with van der Waals surface area (Å²) in [4.78, 5) is 13.1. The molecule has 3 nitrogen and oxygen atoms in total. The van der Waals surface area contributed by atoms with E-state index < -0.39 is 18.8 Å². The summed E-state index contributed by atoms with van der Waals surface area (Å²) in [7, 11) is 0. The zero-order chi connectivity index (χ0) is 13.9. The van der Waals surface area contributed by atoms with Crippen LogP contribution in [-0.2, 0) is 0 Å². The molecule has 0 aromatic carbocycles. The number of likely N-dealkylation sites (tertiary alicyclic amines) is 1. The highest BCUT2D eigenvalue weighted by atomic mass is 19.4. The summed E-state index contributed by atoms with van der Waals surface area (Å²) in [6.45, 7) is 6.08. The Hall–Kier alpha value is -0.940. The highest BCUT2D eigenvalue weighted by Crippen LogP contribution is 2.31. The first-order valence-corrected chi connectivity index (χ1v) is 6.34. The Kier molecular flexibility index (Phi) is 4.87. The normalized spacial score (nSPS) is 24.7. The van der Waals surface area contributed by atoms with E-state index in [0.717, 1.165) is 6.42 Å². The smallest absolute Gasteiger partial charge is 0.329 e. The molecule has 0 aromatic heterocycles. The van der Waals surface area contributed by atoms with Crippen LogP contribution < -0.4 is 5.32 Å². The lowest BCUT2D eigenvalue weighted by Crippen LogP contribution is -2.43. The van der Waals surface area contributed by atoms with E-state index in [0.29, 0.717) is 30.8 Å². The molecule has 0 spiro atoms. The third-order valence-corrected chi connectivity index (χ3v) is 3.60. The van der Waals surface area contributed by atoms with E-state index in [1.54, 1.807) is 0 Å². The van der Waals surface area contributed by atoms with Gasteiger partial charge in [-0.25, -0.2) is 4.79 Å². The molecule has 0 saturated carbocycles. The fourth-order valence-electron chi connectivity index (χ4n) is 2.54. The summed E-state index contributed by atoms with van der Waals surface area (Å²) in [5, 5.41) is 1.93. The van der Waals surface area contributed by atoms with E-state index >= 15 is 0 Å². The maximum Gasteiger partial charge on any atom is 0.405 e. The van der Waals surface area contributed by atoms with Crippen molar-refractivity contribution in [2.45, 2.75) is 33.4 Å². The van der Waals surface area contributed by atoms with Crippen LogP contribution in [0.4, 0.5) is 18.0 Å². The molecule has 6 heteroatoms. The van der Waals surface area contributed by atoms with Gasteiger partial charge in [-0.05, 0) is 17.8 Å². The molecule has 1 fully saturated rings. The highest BCUT2D eigenvalue weighted by Gasteiger charge is 2.36. The lowest BCUT2D eigenvalue weighted by molar-refractivity contribution is -0.123. The van der Waals surface area contributed by atoms with Crippen molar-refractivity contribution in [3.05, 3.63) is 0 Å². The monoisotopic (exact) mass is 266 g/mol. The second-order valence-corrected chi connectivity index (χ2v) is 5.26. The summed E-state index contributed by atoms with van der Waals surface area (Å²) in [5.41, 5.74) is 0. The molecule has 1 saturated heterocycles. The van der Waals surface area contributed by atoms with Crippen LogP contribution in [0.25, 0.3) is 0 Å². The van der Waals surface area contributed by atoms with E-state index in [2.05, 4.69) is 20.8 Å². The standard InChI is InChI=1S/C12H21F3N2O/c1-4-9-5-17(6-10(9)8(2)3)11(18)16-7-12(13,14)15/h8-10H,4-7H2,1-3H3,(H,16,18)/t9-,10-/m1/s1. The van der Waals surface area contributed by atoms with Crippen LogP contribution in [0, 0.1) is 17.8 Å². The fourth-order valence-corrected chi connectivity index (χ4v) is 2.54. The SMILES string of the molecule is CC[C@@H]1CN(C(=O)NCC(F)(F)F)C[C@@H]1C(C)C. The Morgan fingerprint density at radius 2 is 2.00 bits per heavy atom. The molecule has 0 bridgehead atoms. The van der Waals surface area contributed by atoms with Crippen molar-refractivity contribution in [1.29, 1.82) is 0 Å². The van der Waals surface area contributed by atoms with Gasteiger partial charge in [-0.1, -0.05) is 27.2 Å². The average molecular weight is 266 g/mol. The molecule has 0 aromatic rings. The molecule has 0 aliphatic carbocycles. The number of alkyl halides is 3. The Bertz CT molecular complexity index is 292. The minimum absolute atomic E-state index is 0.381. The Labute approximate surface area is 106 Å². The lowest BCUT2D eigenvalue weighted by Gasteiger charge is -2.20. The Morgan fingerprint density at radius 1 is 1.39 bits per heavy atom. The number of hydrogen-bond donors (Lipinski definition) is 1. The predicted octanol–water partition coefficient (Wildman–Crippen LogP) is 2.87. The van der Waals surface area contributed by atoms with Gasteiger partial charge in [0.1, 0.15) is 6.54 Å². The molecule has 1 heterocycles. The lowest BCUT2D eigenvalue weighted by atomic mass is 9.85. The molecule has 1 aliphatic heterocycles. The molecule has 1 aliphatic rings. The van der Waals surface area contributed by atoms with E-state index in [-0.39, 0.29) is 0 Å². The zero-order valence-electron chi connectivity index (χ0n) is 11.0. The maximum absolute atomic E-state index is 12.0. The number of halogens is 3. The number of carbonyl (C=O) groups is 1. The number of carbonyl (C=O) groups excluding carboxylic acids is 1. The first-order valence-electron chi connectivity index (χ1n) is 6.34. The van der Waals surface area contributed by atoms with E-state index in [1.165, 1.54) is 4.90 Å². The summed E-state index contributed by atoms with van der Waals surface area (Å²) < 4.78 is 36.1. The zero-order valence-corrected chi connectivity index (χ0v) is 11.0. The Morgan fingerprint density at radius 3 is 2.39 bits per heavy atom. The number of rotatable bonds is 3. The van der Waals surface area contributed by atoms with Gasteiger partial charge in [0.05, 0.1) is 0 Å². The number of urea groups is 1. The Balaban J connectivity index is 2.51. The molecule has 18 heavy (non-hydrogen) atoms. The van der Waals surface area contributed by atoms with Gasteiger partial charge in [-0.15, -0.1) is 0 Å². The molecule has 106 valence electrons. The first kappa shape index (κ1) is 15.1. The van der Waals surface area contributed by atoms with Crippen molar-refractivity contribution in [2.24, 2.45) is 17.8 Å². The van der Waals surface area contributed by atoms with Gasteiger partial charge in [-0.3, -0.25) is 0 Å². The van der Waals surface area contributed by atoms with Crippen molar-refractivity contribution in [2.75, 3.05) is 19.6 Å². The van der Waals surface area contributed by atoms with E-state index in [4.69, 9.17) is 0 Å². The first-order chi connectivity index (χ1) is 8.24. The average Bonchev–Trinajstić information content (AvgIpc) is 2.68. The molecule has 1 N–H and O–H groups in total. The molecule has 1 rings (SSSR count). The number of hydrogen-bond acceptors (Lipinski definition) is 1. The van der Waals surface area contributed by atoms with Crippen molar-refractivity contribution >= 4 is 6.03 Å². The van der Waals surface area contributed by atoms with Gasteiger partial charge in [-0.2, -0.15) is 13.2 Å². The van der Waals surface area contributed by atoms with Gasteiger partial charge < -0.3 is 10.2 Å². The topological polar surface area (TPSA) is 32.3 Å². The van der Waals surface area contributed by atoms with Gasteiger partial charge in [0.15, 0.2) is 0 Å². The number of nitrogens with one attached hydrogen (secondary N) is 1. The summed E-state index contributed by atoms with van der Waals surface area (Å²) in [5.74, 6) is 1.21. The van der Waals surface area contributed by atoms with E-state index in [9.17, 15) is 18.0 Å². The fraction of sp³-hybridized carbons (Fsp3) is 0.917. The predicted molar refractivity (Wildman–Crippen MR) is 63.1 cm³/mol. The van der Waals surface area contributed by atoms with Gasteiger partial charge in [0.2, 0.25) is 0 Å². The number of amides is 2. The van der Waals surface area contributed by atoms with Crippen LogP contribution in [0.3, 0.4) is 0 Å². The van der Waals surface area contributed by atoms with Crippen LogP contribution in [0.15, 0.2) is 0 Å². The summed E-state index contributed by atoms with van der Waals surface area (Å²) in [6, 6.07) is -0.603. The van der Waals surface area contributed by atoms with Crippen LogP contribution >= 0.6 is 0 Å². The van der Waals surface area contributed by atoms with Gasteiger partial charge in [0, 0.05) is 13.1 Å². The van der Waals surface area contributed by atoms with Crippen LogP contribution in [0.2, 0.25) is 0 Å².